The van der Waals surface area contributed by atoms with Gasteiger partial charge in [-0.3, -0.25) is 4.90 Å². The molecule has 1 aliphatic rings. The Balaban J connectivity index is 1.53. The number of ether oxygens (including phenoxy) is 3. The summed E-state index contributed by atoms with van der Waals surface area (Å²) < 4.78 is 18.3. The fourth-order valence-electron chi connectivity index (χ4n) is 3.67. The second-order valence-electron chi connectivity index (χ2n) is 7.48. The van der Waals surface area contributed by atoms with E-state index in [0.717, 1.165) is 24.2 Å². The molecule has 33 heavy (non-hydrogen) atoms. The number of carbonyl (C=O) groups is 1. The number of nitrogens with zero attached hydrogens (tertiary/aromatic N) is 3. The molecule has 0 aliphatic carbocycles. The Kier molecular flexibility index (Phi) is 7.56. The number of carboxylic acid groups (broad SMARTS) is 1. The van der Waals surface area contributed by atoms with Crippen LogP contribution in [0.25, 0.3) is 16.8 Å². The van der Waals surface area contributed by atoms with E-state index < -0.39 is 5.97 Å². The van der Waals surface area contributed by atoms with Gasteiger partial charge < -0.3 is 29.2 Å². The topological polar surface area (TPSA) is 109 Å². The molecule has 9 nitrogen and oxygen atoms in total. The van der Waals surface area contributed by atoms with Gasteiger partial charge in [0, 0.05) is 25.2 Å². The number of aromatic nitrogens is 2. The molecule has 1 aromatic heterocycles. The minimum absolute atomic E-state index is 0.0678. The predicted octanol–water partition coefficient (Wildman–Crippen LogP) is 0.985. The van der Waals surface area contributed by atoms with Gasteiger partial charge in [-0.2, -0.15) is 5.10 Å². The highest BCUT2D eigenvalue weighted by Gasteiger charge is 2.17. The van der Waals surface area contributed by atoms with Crippen LogP contribution in [-0.2, 0) is 4.74 Å². The lowest BCUT2D eigenvalue weighted by atomic mass is 10.0. The number of aliphatic hydroxyl groups excluding tert-OH is 1. The standard InChI is InChI=1S/C24H27N3O6/c28-12-16-32-22-4-2-1-3-20(22)18-5-7-19(8-6-18)27-23(21(17-25-27)24(29)30)33-15-11-26-9-13-31-14-10-26/h1-8,17,28H,9-16H2,(H,29,30)/p-1. The number of rotatable bonds is 10. The lowest BCUT2D eigenvalue weighted by Gasteiger charge is -2.26. The van der Waals surface area contributed by atoms with Crippen LogP contribution in [0.15, 0.2) is 54.7 Å². The van der Waals surface area contributed by atoms with E-state index in [0.29, 0.717) is 37.8 Å². The average molecular weight is 452 g/mol. The number of aromatic carboxylic acids is 1. The lowest BCUT2D eigenvalue weighted by Crippen LogP contribution is -2.38. The van der Waals surface area contributed by atoms with Gasteiger partial charge in [0.05, 0.1) is 43.2 Å². The van der Waals surface area contributed by atoms with Crippen LogP contribution in [0.3, 0.4) is 0 Å². The number of carbonyl (C=O) groups excluding carboxylic acids is 1. The fraction of sp³-hybridized carbons (Fsp3) is 0.333. The van der Waals surface area contributed by atoms with Crippen molar-refractivity contribution in [3.05, 3.63) is 60.3 Å². The molecule has 1 saturated heterocycles. The van der Waals surface area contributed by atoms with Gasteiger partial charge in [0.25, 0.3) is 0 Å². The van der Waals surface area contributed by atoms with Crippen LogP contribution in [0.5, 0.6) is 11.6 Å². The summed E-state index contributed by atoms with van der Waals surface area (Å²) in [5.41, 5.74) is 2.36. The van der Waals surface area contributed by atoms with Crippen LogP contribution in [0.1, 0.15) is 10.4 Å². The molecule has 1 aliphatic heterocycles. The van der Waals surface area contributed by atoms with E-state index in [1.807, 2.05) is 48.5 Å². The number of para-hydroxylation sites is 1. The first-order valence-electron chi connectivity index (χ1n) is 10.8. The number of aliphatic hydroxyl groups is 1. The van der Waals surface area contributed by atoms with Crippen LogP contribution in [-0.4, -0.2) is 78.4 Å². The molecule has 9 heteroatoms. The first kappa shape index (κ1) is 22.8. The third kappa shape index (κ3) is 5.51. The zero-order valence-corrected chi connectivity index (χ0v) is 18.2. The zero-order valence-electron chi connectivity index (χ0n) is 18.2. The molecular formula is C24H26N3O6-. The maximum absolute atomic E-state index is 11.6. The number of hydrogen-bond acceptors (Lipinski definition) is 8. The molecule has 0 saturated carbocycles. The third-order valence-electron chi connectivity index (χ3n) is 5.35. The third-order valence-corrected chi connectivity index (χ3v) is 5.35. The average Bonchev–Trinajstić information content (AvgIpc) is 3.28. The van der Waals surface area contributed by atoms with Crippen molar-refractivity contribution < 1.29 is 29.2 Å². The van der Waals surface area contributed by atoms with Gasteiger partial charge in [-0.05, 0) is 23.8 Å². The van der Waals surface area contributed by atoms with Crippen molar-refractivity contribution in [3.63, 3.8) is 0 Å². The van der Waals surface area contributed by atoms with Crippen molar-refractivity contribution in [2.75, 3.05) is 52.7 Å². The molecule has 0 bridgehead atoms. The van der Waals surface area contributed by atoms with E-state index >= 15 is 0 Å². The van der Waals surface area contributed by atoms with Crippen molar-refractivity contribution in [3.8, 4) is 28.4 Å². The Morgan fingerprint density at radius 1 is 1.06 bits per heavy atom. The molecule has 3 aromatic rings. The number of hydrogen-bond donors (Lipinski definition) is 1. The van der Waals surface area contributed by atoms with E-state index in [1.165, 1.54) is 10.9 Å². The van der Waals surface area contributed by atoms with Gasteiger partial charge in [0.15, 0.2) is 0 Å². The first-order valence-corrected chi connectivity index (χ1v) is 10.8. The molecule has 174 valence electrons. The highest BCUT2D eigenvalue weighted by Crippen LogP contribution is 2.31. The molecule has 4 rings (SSSR count). The molecule has 0 spiro atoms. The smallest absolute Gasteiger partial charge is 0.226 e. The second kappa shape index (κ2) is 11.0. The molecule has 0 radical (unpaired) electrons. The van der Waals surface area contributed by atoms with E-state index in [1.54, 1.807) is 0 Å². The summed E-state index contributed by atoms with van der Waals surface area (Å²) in [7, 11) is 0. The minimum atomic E-state index is -1.34. The Morgan fingerprint density at radius 2 is 1.82 bits per heavy atom. The van der Waals surface area contributed by atoms with E-state index in [9.17, 15) is 9.90 Å². The Bertz CT molecular complexity index is 1060. The monoisotopic (exact) mass is 452 g/mol. The molecule has 0 amide bonds. The highest BCUT2D eigenvalue weighted by molar-refractivity contribution is 5.88. The Hall–Kier alpha value is -3.40. The summed E-state index contributed by atoms with van der Waals surface area (Å²) in [5.74, 6) is -0.526. The van der Waals surface area contributed by atoms with Crippen LogP contribution in [0.4, 0.5) is 0 Å². The summed E-state index contributed by atoms with van der Waals surface area (Å²) in [6.45, 7) is 4.12. The largest absolute Gasteiger partial charge is 0.545 e. The SMILES string of the molecule is O=C([O-])c1cnn(-c2ccc(-c3ccccc3OCCO)cc2)c1OCCN1CCOCC1. The first-order chi connectivity index (χ1) is 16.2. The number of benzene rings is 2. The molecule has 1 fully saturated rings. The van der Waals surface area contributed by atoms with Gasteiger partial charge >= 0.3 is 0 Å². The maximum atomic E-state index is 11.6. The fourth-order valence-corrected chi connectivity index (χ4v) is 3.67. The molecule has 2 heterocycles. The molecule has 2 aromatic carbocycles. The summed E-state index contributed by atoms with van der Waals surface area (Å²) in [6.07, 6.45) is 1.24. The summed E-state index contributed by atoms with van der Waals surface area (Å²) in [5, 5.41) is 24.9. The Labute approximate surface area is 191 Å². The minimum Gasteiger partial charge on any atom is -0.545 e. The van der Waals surface area contributed by atoms with Crippen LogP contribution in [0, 0.1) is 0 Å². The van der Waals surface area contributed by atoms with Crippen molar-refractivity contribution >= 4 is 5.97 Å². The quantitative estimate of drug-likeness (QED) is 0.485. The van der Waals surface area contributed by atoms with Gasteiger partial charge in [-0.15, -0.1) is 0 Å². The van der Waals surface area contributed by atoms with E-state index in [-0.39, 0.29) is 24.7 Å². The number of morpholine rings is 1. The normalized spacial score (nSPS) is 14.2. The predicted molar refractivity (Wildman–Crippen MR) is 119 cm³/mol. The van der Waals surface area contributed by atoms with Crippen molar-refractivity contribution in [2.45, 2.75) is 0 Å². The van der Waals surface area contributed by atoms with Crippen LogP contribution >= 0.6 is 0 Å². The second-order valence-corrected chi connectivity index (χ2v) is 7.48. The van der Waals surface area contributed by atoms with Gasteiger partial charge in [0.2, 0.25) is 5.88 Å². The van der Waals surface area contributed by atoms with Crippen LogP contribution in [0.2, 0.25) is 0 Å². The highest BCUT2D eigenvalue weighted by atomic mass is 16.5. The van der Waals surface area contributed by atoms with E-state index in [2.05, 4.69) is 10.00 Å². The maximum Gasteiger partial charge on any atom is 0.226 e. The summed E-state index contributed by atoms with van der Waals surface area (Å²) in [4.78, 5) is 13.8. The van der Waals surface area contributed by atoms with Crippen molar-refractivity contribution in [2.24, 2.45) is 0 Å². The summed E-state index contributed by atoms with van der Waals surface area (Å²) in [6, 6.07) is 15.0. The van der Waals surface area contributed by atoms with Gasteiger partial charge in [0.1, 0.15) is 19.0 Å². The Morgan fingerprint density at radius 3 is 2.55 bits per heavy atom. The van der Waals surface area contributed by atoms with Crippen LogP contribution < -0.4 is 14.6 Å². The molecular weight excluding hydrogens is 426 g/mol. The van der Waals surface area contributed by atoms with E-state index in [4.69, 9.17) is 19.3 Å². The lowest BCUT2D eigenvalue weighted by molar-refractivity contribution is -0.255. The molecule has 0 unspecified atom stereocenters. The van der Waals surface area contributed by atoms with Crippen molar-refractivity contribution in [1.82, 2.24) is 14.7 Å². The van der Waals surface area contributed by atoms with Gasteiger partial charge in [-0.1, -0.05) is 30.3 Å². The molecule has 0 atom stereocenters. The summed E-state index contributed by atoms with van der Waals surface area (Å²) >= 11 is 0. The zero-order chi connectivity index (χ0) is 23.0. The number of carboxylic acids is 1. The van der Waals surface area contributed by atoms with Gasteiger partial charge in [-0.25, -0.2) is 4.68 Å². The molecule has 1 N–H and O–H groups in total. The van der Waals surface area contributed by atoms with Crippen molar-refractivity contribution in [1.29, 1.82) is 0 Å².